The number of nitrogens with zero attached hydrogens (tertiary/aromatic N) is 1. The monoisotopic (exact) mass is 377 g/mol. The van der Waals surface area contributed by atoms with Gasteiger partial charge in [0.15, 0.2) is 5.58 Å². The summed E-state index contributed by atoms with van der Waals surface area (Å²) in [4.78, 5) is 24.9. The third-order valence-electron chi connectivity index (χ3n) is 5.08. The molecule has 1 heterocycles. The minimum Gasteiger partial charge on any atom is -0.507 e. The molecule has 0 aliphatic heterocycles. The minimum atomic E-state index is -1.34. The van der Waals surface area contributed by atoms with Crippen molar-refractivity contribution >= 4 is 28.5 Å². The zero-order valence-electron chi connectivity index (χ0n) is 15.0. The summed E-state index contributed by atoms with van der Waals surface area (Å²) in [5.41, 5.74) is 6.18. The Labute approximate surface area is 160 Å². The van der Waals surface area contributed by atoms with Gasteiger partial charge in [-0.25, -0.2) is 0 Å². The Balaban J connectivity index is 1.70. The van der Waals surface area contributed by atoms with Gasteiger partial charge in [0.05, 0.1) is 5.39 Å². The molecule has 1 aliphatic rings. The van der Waals surface area contributed by atoms with Crippen molar-refractivity contribution in [3.05, 3.63) is 54.6 Å². The minimum absolute atomic E-state index is 0.0761. The highest BCUT2D eigenvalue weighted by molar-refractivity contribution is 6.12. The topological polar surface area (TPSA) is 118 Å². The second-order valence-electron chi connectivity index (χ2n) is 6.84. The van der Waals surface area contributed by atoms with Crippen molar-refractivity contribution in [1.82, 2.24) is 5.16 Å². The van der Waals surface area contributed by atoms with E-state index in [9.17, 15) is 14.7 Å². The number of phenols is 1. The van der Waals surface area contributed by atoms with Crippen LogP contribution < -0.4 is 11.1 Å². The molecule has 7 nitrogen and oxygen atoms in total. The van der Waals surface area contributed by atoms with Crippen LogP contribution >= 0.6 is 0 Å². The van der Waals surface area contributed by atoms with Crippen LogP contribution in [0.25, 0.3) is 22.2 Å². The zero-order valence-corrected chi connectivity index (χ0v) is 15.0. The first kappa shape index (κ1) is 17.8. The lowest BCUT2D eigenvalue weighted by molar-refractivity contribution is -0.136. The SMILES string of the molecule is NC(=O)C1(C(=O)Nc2ccc3onc(-c4ccccc4O)c3c2)C=CCCC1. The molecule has 4 rings (SSSR count). The lowest BCUT2D eigenvalue weighted by Gasteiger charge is -2.28. The molecule has 0 saturated carbocycles. The van der Waals surface area contributed by atoms with Crippen LogP contribution in [-0.2, 0) is 9.59 Å². The van der Waals surface area contributed by atoms with E-state index in [0.717, 1.165) is 12.8 Å². The smallest absolute Gasteiger partial charge is 0.243 e. The van der Waals surface area contributed by atoms with Gasteiger partial charge < -0.3 is 20.7 Å². The molecule has 1 unspecified atom stereocenters. The van der Waals surface area contributed by atoms with Gasteiger partial charge in [-0.15, -0.1) is 0 Å². The van der Waals surface area contributed by atoms with Crippen molar-refractivity contribution in [1.29, 1.82) is 0 Å². The largest absolute Gasteiger partial charge is 0.507 e. The highest BCUT2D eigenvalue weighted by atomic mass is 16.5. The standard InChI is InChI=1S/C21H19N3O4/c22-19(26)21(10-4-1-5-11-21)20(27)23-13-8-9-17-15(12-13)18(24-28-17)14-6-2-3-7-16(14)25/h2-4,6-10,12,25H,1,5,11H2,(H2,22,26)(H,23,27). The van der Waals surface area contributed by atoms with Gasteiger partial charge in [-0.05, 0) is 49.6 Å². The third kappa shape index (κ3) is 2.90. The predicted molar refractivity (Wildman–Crippen MR) is 104 cm³/mol. The number of para-hydroxylation sites is 1. The number of amides is 2. The van der Waals surface area contributed by atoms with Crippen LogP contribution in [0, 0.1) is 5.41 Å². The summed E-state index contributed by atoms with van der Waals surface area (Å²) >= 11 is 0. The average Bonchev–Trinajstić information content (AvgIpc) is 3.12. The average molecular weight is 377 g/mol. The molecule has 0 fully saturated rings. The van der Waals surface area contributed by atoms with Crippen molar-refractivity contribution in [3.63, 3.8) is 0 Å². The normalized spacial score (nSPS) is 18.9. The Hall–Kier alpha value is -3.61. The summed E-state index contributed by atoms with van der Waals surface area (Å²) in [6, 6.07) is 11.8. The number of fused-ring (bicyclic) bond motifs is 1. The lowest BCUT2D eigenvalue weighted by atomic mass is 9.77. The van der Waals surface area contributed by atoms with Gasteiger partial charge in [-0.3, -0.25) is 9.59 Å². The van der Waals surface area contributed by atoms with Gasteiger partial charge in [0, 0.05) is 11.3 Å². The molecule has 3 aromatic rings. The molecule has 1 aliphatic carbocycles. The number of carbonyl (C=O) groups excluding carboxylic acids is 2. The predicted octanol–water partition coefficient (Wildman–Crippen LogP) is 3.35. The Kier molecular flexibility index (Phi) is 4.35. The molecule has 4 N–H and O–H groups in total. The summed E-state index contributed by atoms with van der Waals surface area (Å²) in [5.74, 6) is -1.05. The summed E-state index contributed by atoms with van der Waals surface area (Å²) in [5, 5.41) is 17.6. The Morgan fingerprint density at radius 2 is 2.04 bits per heavy atom. The number of aromatic nitrogens is 1. The fourth-order valence-corrected chi connectivity index (χ4v) is 3.50. The molecule has 7 heteroatoms. The van der Waals surface area contributed by atoms with Crippen molar-refractivity contribution in [2.75, 3.05) is 5.32 Å². The van der Waals surface area contributed by atoms with Crippen molar-refractivity contribution < 1.29 is 19.2 Å². The third-order valence-corrected chi connectivity index (χ3v) is 5.08. The van der Waals surface area contributed by atoms with E-state index >= 15 is 0 Å². The van der Waals surface area contributed by atoms with Crippen molar-refractivity contribution in [3.8, 4) is 17.0 Å². The van der Waals surface area contributed by atoms with Crippen LogP contribution in [0.4, 0.5) is 5.69 Å². The number of rotatable bonds is 4. The van der Waals surface area contributed by atoms with E-state index in [0.29, 0.717) is 34.3 Å². The van der Waals surface area contributed by atoms with Crippen LogP contribution in [-0.4, -0.2) is 22.1 Å². The Bertz CT molecular complexity index is 1100. The first-order valence-corrected chi connectivity index (χ1v) is 8.98. The number of benzene rings is 2. The molecule has 0 radical (unpaired) electrons. The molecule has 2 aromatic carbocycles. The van der Waals surface area contributed by atoms with Crippen molar-refractivity contribution in [2.24, 2.45) is 11.1 Å². The van der Waals surface area contributed by atoms with E-state index in [1.165, 1.54) is 0 Å². The molecule has 1 aromatic heterocycles. The van der Waals surface area contributed by atoms with Gasteiger partial charge in [0.25, 0.3) is 0 Å². The molecular formula is C21H19N3O4. The number of aromatic hydroxyl groups is 1. The van der Waals surface area contributed by atoms with E-state index in [4.69, 9.17) is 10.3 Å². The number of hydrogen-bond donors (Lipinski definition) is 3. The van der Waals surface area contributed by atoms with Gasteiger partial charge >= 0.3 is 0 Å². The van der Waals surface area contributed by atoms with E-state index in [-0.39, 0.29) is 5.75 Å². The fourth-order valence-electron chi connectivity index (χ4n) is 3.50. The molecule has 2 amide bonds. The van der Waals surface area contributed by atoms with Gasteiger partial charge in [-0.1, -0.05) is 29.4 Å². The maximum Gasteiger partial charge on any atom is 0.243 e. The van der Waals surface area contributed by atoms with E-state index in [1.807, 2.05) is 6.08 Å². The summed E-state index contributed by atoms with van der Waals surface area (Å²) in [7, 11) is 0. The van der Waals surface area contributed by atoms with E-state index < -0.39 is 17.2 Å². The molecule has 0 spiro atoms. The zero-order chi connectivity index (χ0) is 19.7. The van der Waals surface area contributed by atoms with Gasteiger partial charge in [0.2, 0.25) is 11.8 Å². The maximum absolute atomic E-state index is 12.9. The highest BCUT2D eigenvalue weighted by Gasteiger charge is 2.42. The van der Waals surface area contributed by atoms with Crippen LogP contribution in [0.5, 0.6) is 5.75 Å². The molecular weight excluding hydrogens is 358 g/mol. The number of nitrogens with one attached hydrogen (secondary N) is 1. The van der Waals surface area contributed by atoms with E-state index in [1.54, 1.807) is 48.5 Å². The van der Waals surface area contributed by atoms with Gasteiger partial charge in [0.1, 0.15) is 16.9 Å². The van der Waals surface area contributed by atoms with E-state index in [2.05, 4.69) is 10.5 Å². The number of carbonyl (C=O) groups is 2. The lowest BCUT2D eigenvalue weighted by Crippen LogP contribution is -2.46. The molecule has 0 bridgehead atoms. The first-order valence-electron chi connectivity index (χ1n) is 8.98. The summed E-state index contributed by atoms with van der Waals surface area (Å²) < 4.78 is 5.33. The molecule has 142 valence electrons. The number of nitrogens with two attached hydrogens (primary N) is 1. The second kappa shape index (κ2) is 6.84. The number of hydrogen-bond acceptors (Lipinski definition) is 5. The number of allylic oxidation sites excluding steroid dienone is 1. The fraction of sp³-hybridized carbons (Fsp3) is 0.190. The van der Waals surface area contributed by atoms with Crippen molar-refractivity contribution in [2.45, 2.75) is 19.3 Å². The molecule has 28 heavy (non-hydrogen) atoms. The molecule has 1 atom stereocenters. The number of phenolic OH excluding ortho intramolecular Hbond substituents is 1. The van der Waals surface area contributed by atoms with Crippen LogP contribution in [0.1, 0.15) is 19.3 Å². The first-order chi connectivity index (χ1) is 13.5. The summed E-state index contributed by atoms with van der Waals surface area (Å²) in [6.45, 7) is 0. The Morgan fingerprint density at radius 1 is 1.21 bits per heavy atom. The van der Waals surface area contributed by atoms with Crippen LogP contribution in [0.3, 0.4) is 0 Å². The van der Waals surface area contributed by atoms with Crippen LogP contribution in [0.15, 0.2) is 59.1 Å². The highest BCUT2D eigenvalue weighted by Crippen LogP contribution is 2.36. The second-order valence-corrected chi connectivity index (χ2v) is 6.84. The summed E-state index contributed by atoms with van der Waals surface area (Å²) in [6.07, 6.45) is 5.32. The maximum atomic E-state index is 12.9. The van der Waals surface area contributed by atoms with Crippen LogP contribution in [0.2, 0.25) is 0 Å². The number of anilines is 1. The number of primary amides is 1. The molecule has 0 saturated heterocycles. The Morgan fingerprint density at radius 3 is 2.75 bits per heavy atom. The quantitative estimate of drug-likeness (QED) is 0.476. The van der Waals surface area contributed by atoms with Gasteiger partial charge in [-0.2, -0.15) is 0 Å².